The normalized spacial score (nSPS) is 17.9. The fraction of sp³-hybridized carbons (Fsp3) is 0.303. The van der Waals surface area contributed by atoms with E-state index in [1.165, 1.54) is 40.1 Å². The van der Waals surface area contributed by atoms with Crippen LogP contribution in [0.3, 0.4) is 0 Å². The van der Waals surface area contributed by atoms with Crippen LogP contribution in [-0.2, 0) is 15.8 Å². The number of nitrogens with one attached hydrogen (secondary N) is 3. The lowest BCUT2D eigenvalue weighted by Gasteiger charge is -2.36. The van der Waals surface area contributed by atoms with E-state index in [2.05, 4.69) is 16.0 Å². The predicted octanol–water partition coefficient (Wildman–Crippen LogP) is 1.72. The zero-order valence-corrected chi connectivity index (χ0v) is 30.6. The molecule has 3 aliphatic heterocycles. The molecule has 3 aliphatic rings. The summed E-state index contributed by atoms with van der Waals surface area (Å²) >= 11 is 6.02. The number of hydrogen-bond donors (Lipinski definition) is 9. The first kappa shape index (κ1) is 40.1. The summed E-state index contributed by atoms with van der Waals surface area (Å²) in [7, 11) is -6.55. The number of hydrogen-bond acceptors (Lipinski definition) is 10. The van der Waals surface area contributed by atoms with Crippen molar-refractivity contribution in [1.29, 1.82) is 0 Å². The van der Waals surface area contributed by atoms with Crippen molar-refractivity contribution in [3.8, 4) is 17.2 Å². The van der Waals surface area contributed by atoms with Crippen LogP contribution < -0.4 is 25.9 Å². The number of phenols is 2. The Bertz CT molecular complexity index is 2140. The van der Waals surface area contributed by atoms with Crippen LogP contribution in [0.15, 0.2) is 48.5 Å². The van der Waals surface area contributed by atoms with Crippen LogP contribution in [0.1, 0.15) is 40.4 Å². The summed E-state index contributed by atoms with van der Waals surface area (Å²) in [5, 5.41) is 46.5. The van der Waals surface area contributed by atoms with Crippen molar-refractivity contribution in [2.75, 3.05) is 31.5 Å². The van der Waals surface area contributed by atoms with Crippen molar-refractivity contribution in [3.63, 3.8) is 0 Å². The van der Waals surface area contributed by atoms with Crippen LogP contribution in [0.5, 0.6) is 17.2 Å². The van der Waals surface area contributed by atoms with E-state index >= 15 is 0 Å². The number of piperidine rings is 1. The largest absolute Gasteiger partial charge is 0.547 e. The van der Waals surface area contributed by atoms with E-state index < -0.39 is 85.3 Å². The van der Waals surface area contributed by atoms with E-state index in [1.807, 2.05) is 0 Å². The topological polar surface area (TPSA) is 279 Å². The Balaban J connectivity index is 1.12. The Morgan fingerprint density at radius 2 is 1.64 bits per heavy atom. The van der Waals surface area contributed by atoms with Gasteiger partial charge in [-0.3, -0.25) is 9.36 Å². The molecule has 56 heavy (non-hydrogen) atoms. The number of carbonyl (C=O) groups excluding carboxylic acids is 4. The predicted molar refractivity (Wildman–Crippen MR) is 194 cm³/mol. The van der Waals surface area contributed by atoms with Crippen molar-refractivity contribution >= 4 is 67.3 Å². The minimum atomic E-state index is -4.69. The van der Waals surface area contributed by atoms with Gasteiger partial charge in [-0.05, 0) is 60.7 Å². The standard InChI is InChI=1S/C33H34BClFN6O13P/c35-25-21(7-8-22(43)27(25)44)37-31(48)40-11-9-18(10-12-40)41-13-14-42(33(41)50)32(49)39-26(16-1-4-19(5-2-16)56(52,53)54)29(45)38-23-15-17-3-6-20(36)24(30(46)47)28(17)55-34(23)51/h1-8,18,23,26,43-44,51H,9-15H2,(H,37,48)(H,38,45)(H,39,49)(H,46,47)(H2,52,53,54). The van der Waals surface area contributed by atoms with Crippen molar-refractivity contribution in [3.05, 3.63) is 76.1 Å². The van der Waals surface area contributed by atoms with Gasteiger partial charge in [-0.2, -0.15) is 0 Å². The molecular formula is C33H34BClFN6O13P. The monoisotopic (exact) mass is 818 g/mol. The molecule has 3 aromatic rings. The van der Waals surface area contributed by atoms with Crippen molar-refractivity contribution in [2.24, 2.45) is 0 Å². The fourth-order valence-corrected chi connectivity index (χ4v) is 7.44. The van der Waals surface area contributed by atoms with Gasteiger partial charge in [0.1, 0.15) is 28.2 Å². The number of anilines is 1. The molecule has 2 unspecified atom stereocenters. The van der Waals surface area contributed by atoms with Crippen LogP contribution in [0.25, 0.3) is 0 Å². The Morgan fingerprint density at radius 1 is 0.964 bits per heavy atom. The van der Waals surface area contributed by atoms with Gasteiger partial charge < -0.3 is 60.5 Å². The highest BCUT2D eigenvalue weighted by molar-refractivity contribution is 7.60. The number of amides is 7. The van der Waals surface area contributed by atoms with Gasteiger partial charge in [-0.1, -0.05) is 29.8 Å². The Labute approximate surface area is 321 Å². The number of halogens is 2. The lowest BCUT2D eigenvalue weighted by Crippen LogP contribution is -2.56. The zero-order valence-electron chi connectivity index (χ0n) is 29.0. The number of benzene rings is 3. The summed E-state index contributed by atoms with van der Waals surface area (Å²) in [5.74, 6) is -6.39. The van der Waals surface area contributed by atoms with Gasteiger partial charge in [-0.15, -0.1) is 0 Å². The molecule has 2 saturated heterocycles. The summed E-state index contributed by atoms with van der Waals surface area (Å²) in [6, 6.07) is 4.93. The van der Waals surface area contributed by atoms with Gasteiger partial charge in [0.25, 0.3) is 0 Å². The summed E-state index contributed by atoms with van der Waals surface area (Å²) < 4.78 is 31.3. The van der Waals surface area contributed by atoms with Gasteiger partial charge in [0.2, 0.25) is 5.91 Å². The summed E-state index contributed by atoms with van der Waals surface area (Å²) in [5.41, 5.74) is -0.537. The van der Waals surface area contributed by atoms with Crippen LogP contribution in [0, 0.1) is 5.82 Å². The van der Waals surface area contributed by atoms with Gasteiger partial charge >= 0.3 is 38.8 Å². The maximum atomic E-state index is 14.2. The van der Waals surface area contributed by atoms with Gasteiger partial charge in [0, 0.05) is 32.2 Å². The summed E-state index contributed by atoms with van der Waals surface area (Å²) in [6.07, 6.45) is 0.472. The smallest absolute Gasteiger partial charge is 0.534 e. The van der Waals surface area contributed by atoms with Crippen LogP contribution in [-0.4, -0.2) is 120 Å². The Morgan fingerprint density at radius 3 is 2.29 bits per heavy atom. The highest BCUT2D eigenvalue weighted by atomic mass is 35.5. The number of carboxylic acids is 1. The third kappa shape index (κ3) is 8.17. The third-order valence-corrected chi connectivity index (χ3v) is 11.0. The van der Waals surface area contributed by atoms with Crippen molar-refractivity contribution in [1.82, 2.24) is 25.3 Å². The summed E-state index contributed by atoms with van der Waals surface area (Å²) in [4.78, 5) is 88.5. The molecule has 0 aliphatic carbocycles. The Kier molecular flexibility index (Phi) is 11.4. The van der Waals surface area contributed by atoms with Crippen LogP contribution in [0.2, 0.25) is 5.02 Å². The second-order valence-corrected chi connectivity index (χ2v) is 15.1. The highest BCUT2D eigenvalue weighted by Gasteiger charge is 2.42. The number of carboxylic acid groups (broad SMARTS) is 1. The summed E-state index contributed by atoms with van der Waals surface area (Å²) in [6.45, 7) is 0.487. The molecule has 9 N–H and O–H groups in total. The number of urea groups is 3. The second kappa shape index (κ2) is 15.9. The maximum Gasteiger partial charge on any atom is 0.547 e. The number of aromatic hydroxyl groups is 2. The number of likely N-dealkylation sites (tertiary alicyclic amines) is 1. The zero-order chi connectivity index (χ0) is 40.6. The van der Waals surface area contributed by atoms with Crippen molar-refractivity contribution in [2.45, 2.75) is 37.3 Å². The molecule has 0 bridgehead atoms. The number of nitrogens with zero attached hydrogens (tertiary/aromatic N) is 3. The average Bonchev–Trinajstić information content (AvgIpc) is 3.54. The second-order valence-electron chi connectivity index (χ2n) is 13.1. The number of carbonyl (C=O) groups is 5. The first-order valence-corrected chi connectivity index (χ1v) is 18.9. The van der Waals surface area contributed by atoms with Crippen LogP contribution in [0.4, 0.5) is 24.5 Å². The molecule has 0 radical (unpaired) electrons. The molecule has 19 nitrogen and oxygen atoms in total. The first-order chi connectivity index (χ1) is 26.4. The molecule has 6 rings (SSSR count). The van der Waals surface area contributed by atoms with E-state index in [0.717, 1.165) is 23.1 Å². The van der Waals surface area contributed by atoms with E-state index in [-0.39, 0.29) is 65.8 Å². The minimum absolute atomic E-state index is 0.0351. The number of phenolic OH excluding ortho intramolecular Hbond substituents is 2. The molecular weight excluding hydrogens is 785 g/mol. The first-order valence-electron chi connectivity index (χ1n) is 17.0. The molecule has 296 valence electrons. The van der Waals surface area contributed by atoms with Gasteiger partial charge in [0.15, 0.2) is 11.5 Å². The lowest BCUT2D eigenvalue weighted by molar-refractivity contribution is -0.123. The molecule has 3 heterocycles. The number of aromatic carboxylic acids is 1. The molecule has 0 aromatic heterocycles. The number of rotatable bonds is 8. The highest BCUT2D eigenvalue weighted by Crippen LogP contribution is 2.39. The maximum absolute atomic E-state index is 14.2. The van der Waals surface area contributed by atoms with Crippen molar-refractivity contribution < 1.29 is 67.7 Å². The lowest BCUT2D eigenvalue weighted by atomic mass is 9.72. The molecule has 23 heteroatoms. The van der Waals surface area contributed by atoms with E-state index in [0.29, 0.717) is 12.8 Å². The number of imide groups is 1. The minimum Gasteiger partial charge on any atom is -0.534 e. The third-order valence-electron chi connectivity index (χ3n) is 9.66. The van der Waals surface area contributed by atoms with E-state index in [9.17, 15) is 63.1 Å². The quantitative estimate of drug-likeness (QED) is 0.0679. The van der Waals surface area contributed by atoms with Gasteiger partial charge in [-0.25, -0.2) is 28.5 Å². The molecule has 2 fully saturated rings. The Hall–Kier alpha value is -5.60. The van der Waals surface area contributed by atoms with E-state index in [4.69, 9.17) is 16.3 Å². The fourth-order valence-electron chi connectivity index (χ4n) is 6.70. The average molecular weight is 819 g/mol. The molecule has 3 aromatic carbocycles. The van der Waals surface area contributed by atoms with E-state index in [1.54, 1.807) is 0 Å². The molecule has 0 spiro atoms. The molecule has 2 atom stereocenters. The molecule has 0 saturated carbocycles. The van der Waals surface area contributed by atoms with Gasteiger partial charge in [0.05, 0.1) is 16.9 Å². The number of fused-ring (bicyclic) bond motifs is 1. The molecule has 7 amide bonds. The van der Waals surface area contributed by atoms with Crippen LogP contribution >= 0.6 is 19.2 Å². The SMILES string of the molecule is O=C(O)c1c(F)ccc2c1OB(O)C(NC(=O)C(NC(=O)N1CCN(C3CCN(C(=O)Nc4ccc(O)c(O)c4Cl)CC3)C1=O)c1ccc(P(=O)(O)O)cc1)C2.